The first kappa shape index (κ1) is 18.5. The minimum Gasteiger partial charge on any atom is -0.377 e. The SMILES string of the molecule is CCN=C(NC1C2CCCOC2C1(C)C)N1CCN(c2ccccn2)CC1. The monoisotopic (exact) mass is 371 g/mol. The third-order valence-corrected chi connectivity index (χ3v) is 6.48. The number of aliphatic imine (C=N–C) groups is 1. The molecule has 1 aliphatic carbocycles. The normalized spacial score (nSPS) is 30.5. The number of nitrogens with zero attached hydrogens (tertiary/aromatic N) is 4. The molecule has 2 aliphatic heterocycles. The fourth-order valence-corrected chi connectivity index (χ4v) is 5.03. The van der Waals surface area contributed by atoms with Crippen LogP contribution >= 0.6 is 0 Å². The molecule has 0 bridgehead atoms. The summed E-state index contributed by atoms with van der Waals surface area (Å²) in [7, 11) is 0. The smallest absolute Gasteiger partial charge is 0.194 e. The number of hydrogen-bond acceptors (Lipinski definition) is 4. The van der Waals surface area contributed by atoms with Gasteiger partial charge in [-0.2, -0.15) is 0 Å². The van der Waals surface area contributed by atoms with Crippen LogP contribution in [0.5, 0.6) is 0 Å². The second-order valence-corrected chi connectivity index (χ2v) is 8.50. The van der Waals surface area contributed by atoms with Crippen molar-refractivity contribution in [3.63, 3.8) is 0 Å². The Hall–Kier alpha value is -1.82. The molecular formula is C21H33N5O. The molecule has 4 rings (SSSR count). The van der Waals surface area contributed by atoms with Crippen molar-refractivity contribution < 1.29 is 4.74 Å². The van der Waals surface area contributed by atoms with Crippen LogP contribution in [-0.4, -0.2) is 67.3 Å². The molecule has 1 aromatic heterocycles. The molecule has 3 unspecified atom stereocenters. The number of aromatic nitrogens is 1. The Morgan fingerprint density at radius 1 is 1.30 bits per heavy atom. The molecule has 27 heavy (non-hydrogen) atoms. The van der Waals surface area contributed by atoms with Crippen LogP contribution in [0.25, 0.3) is 0 Å². The van der Waals surface area contributed by atoms with Crippen LogP contribution in [0.15, 0.2) is 29.4 Å². The maximum absolute atomic E-state index is 6.07. The summed E-state index contributed by atoms with van der Waals surface area (Å²) in [6.07, 6.45) is 4.71. The first-order chi connectivity index (χ1) is 13.1. The third-order valence-electron chi connectivity index (χ3n) is 6.48. The van der Waals surface area contributed by atoms with Gasteiger partial charge in [0.2, 0.25) is 0 Å². The van der Waals surface area contributed by atoms with E-state index in [0.29, 0.717) is 18.1 Å². The Morgan fingerprint density at radius 2 is 2.11 bits per heavy atom. The van der Waals surface area contributed by atoms with Gasteiger partial charge in [-0.1, -0.05) is 19.9 Å². The van der Waals surface area contributed by atoms with E-state index in [2.05, 4.69) is 53.0 Å². The van der Waals surface area contributed by atoms with Gasteiger partial charge in [-0.05, 0) is 31.9 Å². The number of ether oxygens (including phenoxy) is 1. The molecule has 2 saturated heterocycles. The van der Waals surface area contributed by atoms with E-state index >= 15 is 0 Å². The Balaban J connectivity index is 1.40. The molecule has 1 N–H and O–H groups in total. The molecule has 0 radical (unpaired) electrons. The summed E-state index contributed by atoms with van der Waals surface area (Å²) in [5, 5.41) is 3.83. The fraction of sp³-hybridized carbons (Fsp3) is 0.714. The number of hydrogen-bond donors (Lipinski definition) is 1. The Kier molecular flexibility index (Phi) is 5.26. The highest BCUT2D eigenvalue weighted by Crippen LogP contribution is 2.51. The van der Waals surface area contributed by atoms with Crippen molar-refractivity contribution in [1.29, 1.82) is 0 Å². The summed E-state index contributed by atoms with van der Waals surface area (Å²) in [6.45, 7) is 12.4. The maximum atomic E-state index is 6.07. The van der Waals surface area contributed by atoms with Gasteiger partial charge in [-0.3, -0.25) is 4.99 Å². The molecule has 148 valence electrons. The molecule has 6 heteroatoms. The van der Waals surface area contributed by atoms with Crippen LogP contribution < -0.4 is 10.2 Å². The largest absolute Gasteiger partial charge is 0.377 e. The van der Waals surface area contributed by atoms with Crippen molar-refractivity contribution in [2.24, 2.45) is 16.3 Å². The molecule has 3 heterocycles. The summed E-state index contributed by atoms with van der Waals surface area (Å²) in [5.41, 5.74) is 0.162. The van der Waals surface area contributed by atoms with E-state index in [1.807, 2.05) is 12.3 Å². The average molecular weight is 372 g/mol. The lowest BCUT2D eigenvalue weighted by Crippen LogP contribution is -2.71. The molecule has 3 atom stereocenters. The lowest BCUT2D eigenvalue weighted by atomic mass is 9.55. The highest BCUT2D eigenvalue weighted by Gasteiger charge is 2.58. The summed E-state index contributed by atoms with van der Waals surface area (Å²) >= 11 is 0. The van der Waals surface area contributed by atoms with Gasteiger partial charge in [-0.25, -0.2) is 4.98 Å². The molecule has 1 aromatic rings. The van der Waals surface area contributed by atoms with Crippen LogP contribution in [-0.2, 0) is 4.74 Å². The molecule has 0 spiro atoms. The minimum absolute atomic E-state index is 0.162. The number of pyridine rings is 1. The predicted octanol–water partition coefficient (Wildman–Crippen LogP) is 2.37. The molecule has 1 saturated carbocycles. The average Bonchev–Trinajstić information content (AvgIpc) is 2.72. The molecular weight excluding hydrogens is 338 g/mol. The quantitative estimate of drug-likeness (QED) is 0.653. The van der Waals surface area contributed by atoms with Crippen LogP contribution in [0.2, 0.25) is 0 Å². The van der Waals surface area contributed by atoms with E-state index in [1.165, 1.54) is 12.8 Å². The van der Waals surface area contributed by atoms with Gasteiger partial charge in [0.1, 0.15) is 5.82 Å². The van der Waals surface area contributed by atoms with Crippen LogP contribution in [0.4, 0.5) is 5.82 Å². The van der Waals surface area contributed by atoms with Crippen molar-refractivity contribution in [1.82, 2.24) is 15.2 Å². The van der Waals surface area contributed by atoms with Crippen LogP contribution in [0.1, 0.15) is 33.6 Å². The maximum Gasteiger partial charge on any atom is 0.194 e. The van der Waals surface area contributed by atoms with Gasteiger partial charge in [0.15, 0.2) is 5.96 Å². The zero-order valence-electron chi connectivity index (χ0n) is 16.9. The Morgan fingerprint density at radius 3 is 2.81 bits per heavy atom. The minimum atomic E-state index is 0.162. The molecule has 6 nitrogen and oxygen atoms in total. The second kappa shape index (κ2) is 7.66. The Bertz CT molecular complexity index is 654. The van der Waals surface area contributed by atoms with E-state index < -0.39 is 0 Å². The van der Waals surface area contributed by atoms with Crippen molar-refractivity contribution >= 4 is 11.8 Å². The van der Waals surface area contributed by atoms with E-state index in [1.54, 1.807) is 0 Å². The van der Waals surface area contributed by atoms with Gasteiger partial charge < -0.3 is 19.9 Å². The predicted molar refractivity (Wildman–Crippen MR) is 109 cm³/mol. The van der Waals surface area contributed by atoms with E-state index in [9.17, 15) is 0 Å². The lowest BCUT2D eigenvalue weighted by molar-refractivity contribution is -0.188. The summed E-state index contributed by atoms with van der Waals surface area (Å²) in [4.78, 5) is 14.1. The van der Waals surface area contributed by atoms with Crippen LogP contribution in [0, 0.1) is 11.3 Å². The summed E-state index contributed by atoms with van der Waals surface area (Å²) < 4.78 is 6.07. The molecule has 0 amide bonds. The highest BCUT2D eigenvalue weighted by atomic mass is 16.5. The van der Waals surface area contributed by atoms with E-state index in [4.69, 9.17) is 9.73 Å². The van der Waals surface area contributed by atoms with Crippen molar-refractivity contribution in [2.75, 3.05) is 44.2 Å². The second-order valence-electron chi connectivity index (χ2n) is 8.50. The number of rotatable bonds is 3. The first-order valence-corrected chi connectivity index (χ1v) is 10.4. The zero-order valence-corrected chi connectivity index (χ0v) is 16.9. The van der Waals surface area contributed by atoms with Gasteiger partial charge >= 0.3 is 0 Å². The van der Waals surface area contributed by atoms with Gasteiger partial charge in [-0.15, -0.1) is 0 Å². The van der Waals surface area contributed by atoms with Crippen molar-refractivity contribution in [3.8, 4) is 0 Å². The Labute approximate surface area is 163 Å². The van der Waals surface area contributed by atoms with Crippen molar-refractivity contribution in [2.45, 2.75) is 45.8 Å². The van der Waals surface area contributed by atoms with E-state index in [0.717, 1.165) is 51.1 Å². The standard InChI is InChI=1S/C21H33N5O/c1-4-22-20(24-18-16-8-7-15-27-19(16)21(18,2)3)26-13-11-25(12-14-26)17-9-5-6-10-23-17/h5-6,9-10,16,18-19H,4,7-8,11-15H2,1-3H3,(H,22,24). The van der Waals surface area contributed by atoms with E-state index in [-0.39, 0.29) is 5.41 Å². The van der Waals surface area contributed by atoms with Gasteiger partial charge in [0.05, 0.1) is 6.10 Å². The van der Waals surface area contributed by atoms with Crippen LogP contribution in [0.3, 0.4) is 0 Å². The molecule has 3 fully saturated rings. The lowest BCUT2D eigenvalue weighted by Gasteiger charge is -2.60. The van der Waals surface area contributed by atoms with Gasteiger partial charge in [0, 0.05) is 62.9 Å². The number of fused-ring (bicyclic) bond motifs is 1. The number of nitrogens with one attached hydrogen (secondary N) is 1. The zero-order chi connectivity index (χ0) is 18.9. The summed E-state index contributed by atoms with van der Waals surface area (Å²) in [5.74, 6) is 2.76. The molecule has 3 aliphatic rings. The number of anilines is 1. The third kappa shape index (κ3) is 3.51. The highest BCUT2D eigenvalue weighted by molar-refractivity contribution is 5.81. The van der Waals surface area contributed by atoms with Gasteiger partial charge in [0.25, 0.3) is 0 Å². The first-order valence-electron chi connectivity index (χ1n) is 10.4. The number of piperazine rings is 1. The molecule has 0 aromatic carbocycles. The van der Waals surface area contributed by atoms with Crippen molar-refractivity contribution in [3.05, 3.63) is 24.4 Å². The number of guanidine groups is 1. The fourth-order valence-electron chi connectivity index (χ4n) is 5.03. The topological polar surface area (TPSA) is 53.0 Å². The summed E-state index contributed by atoms with van der Waals surface area (Å²) in [6, 6.07) is 6.57.